The van der Waals surface area contributed by atoms with Gasteiger partial charge in [-0.1, -0.05) is 13.8 Å². The average molecular weight is 236 g/mol. The lowest BCUT2D eigenvalue weighted by Gasteiger charge is -2.25. The second-order valence-corrected chi connectivity index (χ2v) is 5.92. The third-order valence-electron chi connectivity index (χ3n) is 2.16. The molecule has 0 rings (SSSR count). The maximum Gasteiger partial charge on any atom is 0.215 e. The molecule has 92 valence electrons. The largest absolute Gasteiger partial charge is 0.316 e. The van der Waals surface area contributed by atoms with Crippen LogP contribution < -0.4 is 5.32 Å². The first-order chi connectivity index (χ1) is 6.95. The summed E-state index contributed by atoms with van der Waals surface area (Å²) in [4.78, 5) is 0. The van der Waals surface area contributed by atoms with Gasteiger partial charge in [-0.05, 0) is 26.8 Å². The lowest BCUT2D eigenvalue weighted by molar-refractivity contribution is 0.354. The summed E-state index contributed by atoms with van der Waals surface area (Å²) in [6.45, 7) is 9.76. The minimum atomic E-state index is -3.09. The van der Waals surface area contributed by atoms with Crippen molar-refractivity contribution in [3.05, 3.63) is 0 Å². The summed E-state index contributed by atoms with van der Waals surface area (Å²) in [6.07, 6.45) is 0.860. The van der Waals surface area contributed by atoms with Crippen LogP contribution in [0.3, 0.4) is 0 Å². The summed E-state index contributed by atoms with van der Waals surface area (Å²) in [5.41, 5.74) is 0. The molecule has 0 amide bonds. The van der Waals surface area contributed by atoms with Gasteiger partial charge in [0.05, 0.1) is 5.75 Å². The molecule has 1 N–H and O–H groups in total. The van der Waals surface area contributed by atoms with Gasteiger partial charge in [-0.15, -0.1) is 0 Å². The van der Waals surface area contributed by atoms with E-state index in [1.165, 1.54) is 0 Å². The maximum absolute atomic E-state index is 11.9. The molecule has 0 aromatic carbocycles. The fourth-order valence-corrected chi connectivity index (χ4v) is 3.17. The molecule has 0 aliphatic rings. The Morgan fingerprint density at radius 3 is 2.27 bits per heavy atom. The Bertz CT molecular complexity index is 250. The number of hydrogen-bond donors (Lipinski definition) is 1. The van der Waals surface area contributed by atoms with Gasteiger partial charge in [-0.3, -0.25) is 0 Å². The molecule has 0 heterocycles. The highest BCUT2D eigenvalue weighted by Gasteiger charge is 2.23. The smallest absolute Gasteiger partial charge is 0.215 e. The van der Waals surface area contributed by atoms with E-state index in [0.29, 0.717) is 13.1 Å². The van der Waals surface area contributed by atoms with Gasteiger partial charge >= 0.3 is 0 Å². The van der Waals surface area contributed by atoms with Gasteiger partial charge in [-0.25, -0.2) is 8.42 Å². The topological polar surface area (TPSA) is 49.4 Å². The van der Waals surface area contributed by atoms with Crippen molar-refractivity contribution in [2.45, 2.75) is 40.2 Å². The summed E-state index contributed by atoms with van der Waals surface area (Å²) in [5.74, 6) is 0.193. The summed E-state index contributed by atoms with van der Waals surface area (Å²) >= 11 is 0. The van der Waals surface area contributed by atoms with E-state index in [4.69, 9.17) is 0 Å². The van der Waals surface area contributed by atoms with E-state index in [-0.39, 0.29) is 11.8 Å². The maximum atomic E-state index is 11.9. The van der Waals surface area contributed by atoms with Crippen LogP contribution >= 0.6 is 0 Å². The van der Waals surface area contributed by atoms with Crippen LogP contribution in [-0.2, 0) is 10.0 Å². The molecule has 0 atom stereocenters. The van der Waals surface area contributed by atoms with Crippen LogP contribution in [0.4, 0.5) is 0 Å². The van der Waals surface area contributed by atoms with Gasteiger partial charge in [0.2, 0.25) is 10.0 Å². The Morgan fingerprint density at radius 2 is 1.87 bits per heavy atom. The predicted octanol–water partition coefficient (Wildman–Crippen LogP) is 1.05. The minimum absolute atomic E-state index is 0.0524. The monoisotopic (exact) mass is 236 g/mol. The van der Waals surface area contributed by atoms with Crippen molar-refractivity contribution in [1.29, 1.82) is 0 Å². The van der Waals surface area contributed by atoms with Crippen molar-refractivity contribution in [2.24, 2.45) is 0 Å². The van der Waals surface area contributed by atoms with E-state index in [2.05, 4.69) is 5.32 Å². The number of sulfonamides is 1. The molecule has 15 heavy (non-hydrogen) atoms. The summed E-state index contributed by atoms with van der Waals surface area (Å²) < 4.78 is 25.4. The molecule has 0 saturated carbocycles. The van der Waals surface area contributed by atoms with Crippen molar-refractivity contribution >= 4 is 10.0 Å². The van der Waals surface area contributed by atoms with E-state index in [9.17, 15) is 8.42 Å². The fourth-order valence-electron chi connectivity index (χ4n) is 1.43. The van der Waals surface area contributed by atoms with Gasteiger partial charge in [0, 0.05) is 19.1 Å². The van der Waals surface area contributed by atoms with Gasteiger partial charge in [0.15, 0.2) is 0 Å². The van der Waals surface area contributed by atoms with Gasteiger partial charge in [0.1, 0.15) is 0 Å². The summed E-state index contributed by atoms with van der Waals surface area (Å²) in [6, 6.07) is 0.0524. The Morgan fingerprint density at radius 1 is 1.27 bits per heavy atom. The quantitative estimate of drug-likeness (QED) is 0.641. The average Bonchev–Trinajstić information content (AvgIpc) is 2.13. The molecular formula is C10H24N2O2S. The molecule has 0 aromatic rings. The second kappa shape index (κ2) is 7.19. The van der Waals surface area contributed by atoms with E-state index in [1.807, 2.05) is 27.7 Å². The number of hydrogen-bond acceptors (Lipinski definition) is 3. The first-order valence-electron chi connectivity index (χ1n) is 5.66. The van der Waals surface area contributed by atoms with Crippen LogP contribution in [0.15, 0.2) is 0 Å². The van der Waals surface area contributed by atoms with E-state index < -0.39 is 10.0 Å². The van der Waals surface area contributed by atoms with Crippen molar-refractivity contribution < 1.29 is 8.42 Å². The van der Waals surface area contributed by atoms with Crippen molar-refractivity contribution in [3.8, 4) is 0 Å². The number of rotatable bonds is 8. The number of nitrogens with one attached hydrogen (secondary N) is 1. The molecule has 0 saturated heterocycles. The molecule has 4 nitrogen and oxygen atoms in total. The van der Waals surface area contributed by atoms with Crippen LogP contribution in [0, 0.1) is 0 Å². The molecular weight excluding hydrogens is 212 g/mol. The zero-order valence-electron chi connectivity index (χ0n) is 10.3. The van der Waals surface area contributed by atoms with E-state index in [0.717, 1.165) is 13.0 Å². The van der Waals surface area contributed by atoms with Crippen LogP contribution in [0.25, 0.3) is 0 Å². The Balaban J connectivity index is 4.37. The van der Waals surface area contributed by atoms with Gasteiger partial charge in [-0.2, -0.15) is 4.31 Å². The molecule has 0 radical (unpaired) electrons. The van der Waals surface area contributed by atoms with E-state index >= 15 is 0 Å². The molecule has 0 spiro atoms. The summed E-state index contributed by atoms with van der Waals surface area (Å²) in [5, 5.41) is 3.03. The minimum Gasteiger partial charge on any atom is -0.316 e. The molecule has 0 aliphatic carbocycles. The SMILES string of the molecule is CCCN(C(C)C)S(=O)(=O)CCNCC. The van der Waals surface area contributed by atoms with Crippen LogP contribution in [0.1, 0.15) is 34.1 Å². The first kappa shape index (κ1) is 14.9. The highest BCUT2D eigenvalue weighted by atomic mass is 32.2. The second-order valence-electron chi connectivity index (χ2n) is 3.87. The van der Waals surface area contributed by atoms with Gasteiger partial charge in [0.25, 0.3) is 0 Å². The van der Waals surface area contributed by atoms with Crippen LogP contribution in [0.5, 0.6) is 0 Å². The van der Waals surface area contributed by atoms with Crippen molar-refractivity contribution in [2.75, 3.05) is 25.4 Å². The van der Waals surface area contributed by atoms with Crippen LogP contribution in [-0.4, -0.2) is 44.2 Å². The van der Waals surface area contributed by atoms with Gasteiger partial charge < -0.3 is 5.32 Å². The normalized spacial score (nSPS) is 12.7. The molecule has 0 aliphatic heterocycles. The van der Waals surface area contributed by atoms with Crippen molar-refractivity contribution in [3.63, 3.8) is 0 Å². The molecule has 0 fully saturated rings. The highest BCUT2D eigenvalue weighted by Crippen LogP contribution is 2.07. The summed E-state index contributed by atoms with van der Waals surface area (Å²) in [7, 11) is -3.09. The number of nitrogens with zero attached hydrogens (tertiary/aromatic N) is 1. The Labute approximate surface area is 94.1 Å². The van der Waals surface area contributed by atoms with Crippen molar-refractivity contribution in [1.82, 2.24) is 9.62 Å². The molecule has 0 bridgehead atoms. The lowest BCUT2D eigenvalue weighted by Crippen LogP contribution is -2.41. The molecule has 5 heteroatoms. The fraction of sp³-hybridized carbons (Fsp3) is 1.00. The zero-order chi connectivity index (χ0) is 11.9. The van der Waals surface area contributed by atoms with Crippen LogP contribution in [0.2, 0.25) is 0 Å². The standard InChI is InChI=1S/C10H24N2O2S/c1-5-8-12(10(3)4)15(13,14)9-7-11-6-2/h10-11H,5-9H2,1-4H3. The molecule has 0 unspecified atom stereocenters. The van der Waals surface area contributed by atoms with E-state index in [1.54, 1.807) is 4.31 Å². The Hall–Kier alpha value is -0.130. The third-order valence-corrected chi connectivity index (χ3v) is 4.20. The highest BCUT2D eigenvalue weighted by molar-refractivity contribution is 7.89. The Kier molecular flexibility index (Phi) is 7.13. The zero-order valence-corrected chi connectivity index (χ0v) is 11.1. The predicted molar refractivity (Wildman–Crippen MR) is 64.5 cm³/mol. The third kappa shape index (κ3) is 5.49. The molecule has 0 aromatic heterocycles. The first-order valence-corrected chi connectivity index (χ1v) is 7.26. The lowest BCUT2D eigenvalue weighted by atomic mass is 10.4.